The monoisotopic (exact) mass is 451 g/mol. The average molecular weight is 451 g/mol. The average Bonchev–Trinajstić information content (AvgIpc) is 2.59. The van der Waals surface area contributed by atoms with E-state index in [4.69, 9.17) is 9.47 Å². The fourth-order valence-electron chi connectivity index (χ4n) is 2.00. The van der Waals surface area contributed by atoms with E-state index >= 15 is 0 Å². The van der Waals surface area contributed by atoms with E-state index in [0.29, 0.717) is 26.4 Å². The first-order valence-corrected chi connectivity index (χ1v) is 8.08. The van der Waals surface area contributed by atoms with Crippen LogP contribution >= 0.6 is 24.0 Å². The summed E-state index contributed by atoms with van der Waals surface area (Å²) in [6.45, 7) is 6.16. The van der Waals surface area contributed by atoms with Gasteiger partial charge in [-0.05, 0) is 24.5 Å². The summed E-state index contributed by atoms with van der Waals surface area (Å²) in [5.74, 6) is 0.775. The fourth-order valence-corrected chi connectivity index (χ4v) is 2.00. The molecule has 0 bridgehead atoms. The Hall–Kier alpha value is -0.900. The van der Waals surface area contributed by atoms with Crippen LogP contribution in [0.25, 0.3) is 0 Å². The van der Waals surface area contributed by atoms with E-state index in [1.807, 2.05) is 31.2 Å². The van der Waals surface area contributed by atoms with Crippen LogP contribution < -0.4 is 10.6 Å². The van der Waals surface area contributed by atoms with Crippen LogP contribution in [0.4, 0.5) is 0 Å². The van der Waals surface area contributed by atoms with Gasteiger partial charge in [0.25, 0.3) is 0 Å². The number of hydrogen-bond acceptors (Lipinski definition) is 4. The molecule has 0 aliphatic rings. The number of hydrogen-bond donors (Lipinski definition) is 3. The van der Waals surface area contributed by atoms with E-state index in [1.165, 1.54) is 0 Å². The van der Waals surface area contributed by atoms with Crippen molar-refractivity contribution in [3.63, 3.8) is 0 Å². The Balaban J connectivity index is 0.00000529. The van der Waals surface area contributed by atoms with E-state index in [2.05, 4.69) is 15.6 Å². The number of guanidine groups is 1. The standard InChI is InChI=1S/C17H29N3O3.HI/c1-3-18-17(19-9-6-10-23-12-11-22-2)20-13-15-7-4-5-8-16(15)14-21;/h4-5,7-8,21H,3,6,9-14H2,1-2H3,(H2,18,19,20);1H. The van der Waals surface area contributed by atoms with Crippen molar-refractivity contribution in [2.45, 2.75) is 26.5 Å². The maximum atomic E-state index is 9.35. The van der Waals surface area contributed by atoms with Gasteiger partial charge in [-0.3, -0.25) is 0 Å². The summed E-state index contributed by atoms with van der Waals surface area (Å²) in [6, 6.07) is 7.79. The van der Waals surface area contributed by atoms with Gasteiger partial charge in [-0.1, -0.05) is 24.3 Å². The van der Waals surface area contributed by atoms with Crippen LogP contribution in [0.1, 0.15) is 24.5 Å². The van der Waals surface area contributed by atoms with E-state index in [-0.39, 0.29) is 30.6 Å². The number of nitrogens with zero attached hydrogens (tertiary/aromatic N) is 1. The SMILES string of the molecule is CCNC(=NCc1ccccc1CO)NCCCOCCOC.I. The third kappa shape index (κ3) is 10.1. The molecule has 1 aromatic rings. The van der Waals surface area contributed by atoms with E-state index in [1.54, 1.807) is 7.11 Å². The zero-order valence-electron chi connectivity index (χ0n) is 14.6. The predicted molar refractivity (Wildman–Crippen MR) is 108 cm³/mol. The van der Waals surface area contributed by atoms with Crippen molar-refractivity contribution in [3.8, 4) is 0 Å². The molecule has 0 saturated carbocycles. The number of methoxy groups -OCH3 is 1. The summed E-state index contributed by atoms with van der Waals surface area (Å²) in [4.78, 5) is 4.56. The van der Waals surface area contributed by atoms with Crippen LogP contribution in [0.5, 0.6) is 0 Å². The van der Waals surface area contributed by atoms with E-state index in [9.17, 15) is 5.11 Å². The maximum Gasteiger partial charge on any atom is 0.191 e. The third-order valence-corrected chi connectivity index (χ3v) is 3.23. The number of aliphatic hydroxyl groups is 1. The molecule has 0 saturated heterocycles. The van der Waals surface area contributed by atoms with Crippen molar-refractivity contribution in [1.29, 1.82) is 0 Å². The number of benzene rings is 1. The van der Waals surface area contributed by atoms with Gasteiger partial charge in [-0.25, -0.2) is 4.99 Å². The molecule has 0 atom stereocenters. The van der Waals surface area contributed by atoms with E-state index in [0.717, 1.165) is 36.6 Å². The van der Waals surface area contributed by atoms with Crippen molar-refractivity contribution in [2.75, 3.05) is 40.0 Å². The number of aliphatic hydroxyl groups excluding tert-OH is 1. The van der Waals surface area contributed by atoms with Crippen molar-refractivity contribution >= 4 is 29.9 Å². The van der Waals surface area contributed by atoms with Crippen LogP contribution in [-0.2, 0) is 22.6 Å². The highest BCUT2D eigenvalue weighted by Gasteiger charge is 2.01. The Bertz CT molecular complexity index is 458. The van der Waals surface area contributed by atoms with Crippen LogP contribution in [0, 0.1) is 0 Å². The second kappa shape index (κ2) is 15.6. The molecule has 0 aliphatic heterocycles. The molecular weight excluding hydrogens is 421 g/mol. The minimum absolute atomic E-state index is 0. The summed E-state index contributed by atoms with van der Waals surface area (Å²) in [5.41, 5.74) is 1.95. The Morgan fingerprint density at radius 2 is 1.88 bits per heavy atom. The minimum atomic E-state index is 0. The Morgan fingerprint density at radius 3 is 2.54 bits per heavy atom. The first kappa shape index (κ1) is 23.1. The largest absolute Gasteiger partial charge is 0.392 e. The van der Waals surface area contributed by atoms with Gasteiger partial charge < -0.3 is 25.2 Å². The van der Waals surface area contributed by atoms with Crippen LogP contribution in [0.15, 0.2) is 29.3 Å². The minimum Gasteiger partial charge on any atom is -0.392 e. The van der Waals surface area contributed by atoms with Gasteiger partial charge in [0.05, 0.1) is 26.4 Å². The van der Waals surface area contributed by atoms with Crippen LogP contribution in [-0.4, -0.2) is 51.1 Å². The molecule has 1 rings (SSSR count). The second-order valence-corrected chi connectivity index (χ2v) is 5.01. The number of ether oxygens (including phenoxy) is 2. The molecule has 7 heteroatoms. The fraction of sp³-hybridized carbons (Fsp3) is 0.588. The van der Waals surface area contributed by atoms with E-state index < -0.39 is 0 Å². The molecule has 3 N–H and O–H groups in total. The molecule has 0 heterocycles. The zero-order chi connectivity index (χ0) is 16.8. The van der Waals surface area contributed by atoms with Crippen molar-refractivity contribution in [1.82, 2.24) is 10.6 Å². The molecular formula is C17H30IN3O3. The molecule has 0 spiro atoms. The lowest BCUT2D eigenvalue weighted by atomic mass is 10.1. The molecule has 0 amide bonds. The summed E-state index contributed by atoms with van der Waals surface area (Å²) >= 11 is 0. The van der Waals surface area contributed by atoms with Gasteiger partial charge in [-0.2, -0.15) is 0 Å². The Labute approximate surface area is 162 Å². The first-order valence-electron chi connectivity index (χ1n) is 8.08. The number of rotatable bonds is 11. The van der Waals surface area contributed by atoms with Gasteiger partial charge in [0.2, 0.25) is 0 Å². The second-order valence-electron chi connectivity index (χ2n) is 5.01. The van der Waals surface area contributed by atoms with Gasteiger partial charge in [0.1, 0.15) is 0 Å². The molecule has 0 aliphatic carbocycles. The number of halogens is 1. The normalized spacial score (nSPS) is 11.0. The molecule has 0 unspecified atom stereocenters. The smallest absolute Gasteiger partial charge is 0.191 e. The third-order valence-electron chi connectivity index (χ3n) is 3.23. The highest BCUT2D eigenvalue weighted by atomic mass is 127. The van der Waals surface area contributed by atoms with Gasteiger partial charge in [-0.15, -0.1) is 24.0 Å². The molecule has 1 aromatic carbocycles. The topological polar surface area (TPSA) is 75.1 Å². The molecule has 24 heavy (non-hydrogen) atoms. The van der Waals surface area contributed by atoms with Crippen molar-refractivity contribution in [2.24, 2.45) is 4.99 Å². The lowest BCUT2D eigenvalue weighted by Crippen LogP contribution is -2.38. The highest BCUT2D eigenvalue weighted by Crippen LogP contribution is 2.09. The van der Waals surface area contributed by atoms with Crippen molar-refractivity contribution in [3.05, 3.63) is 35.4 Å². The molecule has 6 nitrogen and oxygen atoms in total. The molecule has 0 radical (unpaired) electrons. The van der Waals surface area contributed by atoms with Gasteiger partial charge >= 0.3 is 0 Å². The summed E-state index contributed by atoms with van der Waals surface area (Å²) in [7, 11) is 1.67. The predicted octanol–water partition coefficient (Wildman–Crippen LogP) is 1.91. The quantitative estimate of drug-likeness (QED) is 0.208. The van der Waals surface area contributed by atoms with Gasteiger partial charge in [0.15, 0.2) is 5.96 Å². The van der Waals surface area contributed by atoms with Crippen LogP contribution in [0.2, 0.25) is 0 Å². The summed E-state index contributed by atoms with van der Waals surface area (Å²) in [5, 5.41) is 15.8. The van der Waals surface area contributed by atoms with Crippen molar-refractivity contribution < 1.29 is 14.6 Å². The highest BCUT2D eigenvalue weighted by molar-refractivity contribution is 14.0. The first-order chi connectivity index (χ1) is 11.3. The number of nitrogens with one attached hydrogen (secondary N) is 2. The summed E-state index contributed by atoms with van der Waals surface area (Å²) in [6.07, 6.45) is 0.904. The lowest BCUT2D eigenvalue weighted by molar-refractivity contribution is 0.0698. The lowest BCUT2D eigenvalue weighted by Gasteiger charge is -2.12. The molecule has 0 aromatic heterocycles. The number of aliphatic imine (C=N–C) groups is 1. The maximum absolute atomic E-state index is 9.35. The van der Waals surface area contributed by atoms with Crippen LogP contribution in [0.3, 0.4) is 0 Å². The summed E-state index contributed by atoms with van der Waals surface area (Å²) < 4.78 is 10.3. The zero-order valence-corrected chi connectivity index (χ0v) is 16.9. The molecule has 0 fully saturated rings. The molecule has 138 valence electrons. The Morgan fingerprint density at radius 1 is 1.12 bits per heavy atom. The Kier molecular flexibility index (Phi) is 15.0. The van der Waals surface area contributed by atoms with Gasteiger partial charge in [0, 0.05) is 26.8 Å².